The van der Waals surface area contributed by atoms with E-state index >= 15 is 0 Å². The molecule has 1 heterocycles. The van der Waals surface area contributed by atoms with Crippen LogP contribution in [-0.4, -0.2) is 13.4 Å². The van der Waals surface area contributed by atoms with E-state index in [1.54, 1.807) is 30.2 Å². The molecule has 74 valence electrons. The van der Waals surface area contributed by atoms with Gasteiger partial charge in [0.25, 0.3) is 0 Å². The number of rotatable bonds is 2. The molecular formula is C10H9BrOS2. The van der Waals surface area contributed by atoms with E-state index in [9.17, 15) is 0 Å². The van der Waals surface area contributed by atoms with Gasteiger partial charge in [-0.05, 0) is 34.3 Å². The molecule has 0 fully saturated rings. The van der Waals surface area contributed by atoms with Gasteiger partial charge in [-0.2, -0.15) is 0 Å². The molecule has 1 aromatic heterocycles. The molecule has 0 aliphatic carbocycles. The number of halogens is 1. The number of ether oxygens (including phenoxy) is 1. The average molecular weight is 289 g/mol. The van der Waals surface area contributed by atoms with E-state index in [0.717, 1.165) is 10.2 Å². The molecule has 1 aromatic carbocycles. The molecule has 0 radical (unpaired) electrons. The van der Waals surface area contributed by atoms with Crippen LogP contribution < -0.4 is 4.74 Å². The topological polar surface area (TPSA) is 9.23 Å². The van der Waals surface area contributed by atoms with Gasteiger partial charge in [0.2, 0.25) is 0 Å². The molecule has 0 spiro atoms. The van der Waals surface area contributed by atoms with Gasteiger partial charge in [0.15, 0.2) is 0 Å². The van der Waals surface area contributed by atoms with Crippen LogP contribution >= 0.6 is 39.0 Å². The molecular weight excluding hydrogens is 280 g/mol. The molecule has 2 rings (SSSR count). The van der Waals surface area contributed by atoms with Crippen molar-refractivity contribution >= 4 is 49.1 Å². The predicted molar refractivity (Wildman–Crippen MR) is 67.9 cm³/mol. The molecule has 0 bridgehead atoms. The maximum Gasteiger partial charge on any atom is 0.133 e. The van der Waals surface area contributed by atoms with E-state index in [1.165, 1.54) is 15.0 Å². The summed E-state index contributed by atoms with van der Waals surface area (Å²) in [6.07, 6.45) is 2.06. The zero-order valence-corrected chi connectivity index (χ0v) is 11.1. The zero-order valence-electron chi connectivity index (χ0n) is 7.83. The Morgan fingerprint density at radius 2 is 2.21 bits per heavy atom. The second-order valence-electron chi connectivity index (χ2n) is 2.79. The predicted octanol–water partition coefficient (Wildman–Crippen LogP) is 4.39. The van der Waals surface area contributed by atoms with Crippen LogP contribution in [0.25, 0.3) is 10.1 Å². The SMILES string of the molecule is COc1cc2c(Br)csc2cc1SC. The molecule has 0 aliphatic heterocycles. The fraction of sp³-hybridized carbons (Fsp3) is 0.200. The number of hydrogen-bond donors (Lipinski definition) is 0. The van der Waals surface area contributed by atoms with E-state index < -0.39 is 0 Å². The molecule has 0 N–H and O–H groups in total. The van der Waals surface area contributed by atoms with Crippen molar-refractivity contribution in [3.63, 3.8) is 0 Å². The number of hydrogen-bond acceptors (Lipinski definition) is 3. The second kappa shape index (κ2) is 4.13. The van der Waals surface area contributed by atoms with Crippen LogP contribution in [0.2, 0.25) is 0 Å². The van der Waals surface area contributed by atoms with Crippen LogP contribution in [0.5, 0.6) is 5.75 Å². The number of benzene rings is 1. The monoisotopic (exact) mass is 288 g/mol. The summed E-state index contributed by atoms with van der Waals surface area (Å²) in [5, 5.41) is 3.33. The fourth-order valence-corrected chi connectivity index (χ4v) is 3.56. The first-order valence-corrected chi connectivity index (χ1v) is 6.94. The lowest BCUT2D eigenvalue weighted by Crippen LogP contribution is -1.85. The van der Waals surface area contributed by atoms with E-state index in [4.69, 9.17) is 4.74 Å². The van der Waals surface area contributed by atoms with Gasteiger partial charge in [-0.25, -0.2) is 0 Å². The van der Waals surface area contributed by atoms with Gasteiger partial charge in [-0.3, -0.25) is 0 Å². The van der Waals surface area contributed by atoms with Crippen molar-refractivity contribution < 1.29 is 4.74 Å². The van der Waals surface area contributed by atoms with Crippen LogP contribution in [-0.2, 0) is 0 Å². The van der Waals surface area contributed by atoms with Crippen molar-refractivity contribution in [1.82, 2.24) is 0 Å². The smallest absolute Gasteiger partial charge is 0.133 e. The van der Waals surface area contributed by atoms with Gasteiger partial charge in [0.05, 0.1) is 12.0 Å². The van der Waals surface area contributed by atoms with Crippen LogP contribution in [0.15, 0.2) is 26.9 Å². The summed E-state index contributed by atoms with van der Waals surface area (Å²) in [6.45, 7) is 0. The van der Waals surface area contributed by atoms with E-state index in [0.29, 0.717) is 0 Å². The summed E-state index contributed by atoms with van der Waals surface area (Å²) in [5.41, 5.74) is 0. The maximum absolute atomic E-state index is 5.33. The lowest BCUT2D eigenvalue weighted by molar-refractivity contribution is 0.405. The van der Waals surface area contributed by atoms with Crippen molar-refractivity contribution in [1.29, 1.82) is 0 Å². The number of fused-ring (bicyclic) bond motifs is 1. The molecule has 0 unspecified atom stereocenters. The standard InChI is InChI=1S/C10H9BrOS2/c1-12-8-3-6-7(11)5-14-9(6)4-10(8)13-2/h3-5H,1-2H3. The van der Waals surface area contributed by atoms with Crippen molar-refractivity contribution in [3.05, 3.63) is 22.0 Å². The highest BCUT2D eigenvalue weighted by atomic mass is 79.9. The summed E-state index contributed by atoms with van der Waals surface area (Å²) in [4.78, 5) is 1.19. The van der Waals surface area contributed by atoms with Crippen LogP contribution in [0.3, 0.4) is 0 Å². The first kappa shape index (κ1) is 10.3. The summed E-state index contributed by atoms with van der Waals surface area (Å²) in [5.74, 6) is 0.948. The Hall–Kier alpha value is -0.190. The van der Waals surface area contributed by atoms with Crippen molar-refractivity contribution in [3.8, 4) is 5.75 Å². The van der Waals surface area contributed by atoms with Gasteiger partial charge >= 0.3 is 0 Å². The Balaban J connectivity index is 2.71. The highest BCUT2D eigenvalue weighted by Gasteiger charge is 2.08. The number of thioether (sulfide) groups is 1. The fourth-order valence-electron chi connectivity index (χ4n) is 1.32. The maximum atomic E-state index is 5.33. The quantitative estimate of drug-likeness (QED) is 0.758. The Labute approximate surface area is 99.6 Å². The van der Waals surface area contributed by atoms with Crippen LogP contribution in [0, 0.1) is 0 Å². The van der Waals surface area contributed by atoms with Gasteiger partial charge in [0, 0.05) is 19.9 Å². The molecule has 14 heavy (non-hydrogen) atoms. The summed E-state index contributed by atoms with van der Waals surface area (Å²) >= 11 is 6.98. The Morgan fingerprint density at radius 1 is 1.43 bits per heavy atom. The third kappa shape index (κ3) is 1.66. The van der Waals surface area contributed by atoms with Crippen LogP contribution in [0.1, 0.15) is 0 Å². The first-order valence-electron chi connectivity index (χ1n) is 4.05. The summed E-state index contributed by atoms with van der Waals surface area (Å²) in [7, 11) is 1.71. The Morgan fingerprint density at radius 3 is 2.86 bits per heavy atom. The second-order valence-corrected chi connectivity index (χ2v) is 5.40. The third-order valence-corrected chi connectivity index (χ3v) is 4.70. The average Bonchev–Trinajstić information content (AvgIpc) is 2.58. The minimum absolute atomic E-state index is 0.948. The molecule has 0 aliphatic rings. The minimum Gasteiger partial charge on any atom is -0.496 e. The molecule has 0 saturated heterocycles. The minimum atomic E-state index is 0.948. The number of thiophene rings is 1. The molecule has 0 amide bonds. The first-order chi connectivity index (χ1) is 6.76. The third-order valence-electron chi connectivity index (χ3n) is 2.03. The van der Waals surface area contributed by atoms with Gasteiger partial charge in [-0.1, -0.05) is 0 Å². The van der Waals surface area contributed by atoms with E-state index in [-0.39, 0.29) is 0 Å². The van der Waals surface area contributed by atoms with Crippen molar-refractivity contribution in [2.24, 2.45) is 0 Å². The van der Waals surface area contributed by atoms with Crippen molar-refractivity contribution in [2.75, 3.05) is 13.4 Å². The van der Waals surface area contributed by atoms with Gasteiger partial charge < -0.3 is 4.74 Å². The van der Waals surface area contributed by atoms with Gasteiger partial charge in [-0.15, -0.1) is 23.1 Å². The highest BCUT2D eigenvalue weighted by Crippen LogP contribution is 2.38. The van der Waals surface area contributed by atoms with E-state index in [2.05, 4.69) is 39.7 Å². The largest absolute Gasteiger partial charge is 0.496 e. The van der Waals surface area contributed by atoms with Crippen LogP contribution in [0.4, 0.5) is 0 Å². The zero-order chi connectivity index (χ0) is 10.1. The molecule has 1 nitrogen and oxygen atoms in total. The molecule has 4 heteroatoms. The summed E-state index contributed by atoms with van der Waals surface area (Å²) in [6, 6.07) is 4.26. The number of methoxy groups -OCH3 is 1. The normalized spacial score (nSPS) is 10.8. The van der Waals surface area contributed by atoms with Crippen molar-refractivity contribution in [2.45, 2.75) is 4.90 Å². The Kier molecular flexibility index (Phi) is 3.04. The highest BCUT2D eigenvalue weighted by molar-refractivity contribution is 9.10. The lowest BCUT2D eigenvalue weighted by atomic mass is 10.2. The molecule has 0 atom stereocenters. The molecule has 2 aromatic rings. The van der Waals surface area contributed by atoms with Gasteiger partial charge in [0.1, 0.15) is 5.75 Å². The van der Waals surface area contributed by atoms with E-state index in [1.807, 2.05) is 0 Å². The molecule has 0 saturated carbocycles. The Bertz CT molecular complexity index is 464. The lowest BCUT2D eigenvalue weighted by Gasteiger charge is -2.05. The summed E-state index contributed by atoms with van der Waals surface area (Å²) < 4.78 is 7.77.